The molecule has 0 spiro atoms. The van der Waals surface area contributed by atoms with Crippen molar-refractivity contribution in [2.75, 3.05) is 6.61 Å². The Morgan fingerprint density at radius 3 is 2.86 bits per heavy atom. The van der Waals surface area contributed by atoms with E-state index in [-0.39, 0.29) is 0 Å². The van der Waals surface area contributed by atoms with Gasteiger partial charge < -0.3 is 9.26 Å². The van der Waals surface area contributed by atoms with E-state index in [2.05, 4.69) is 16.7 Å². The number of hydrogen-bond donors (Lipinski definition) is 0. The summed E-state index contributed by atoms with van der Waals surface area (Å²) >= 11 is 0. The first-order chi connectivity index (χ1) is 10.8. The lowest BCUT2D eigenvalue weighted by molar-refractivity contribution is 0.363. The molecule has 0 amide bonds. The summed E-state index contributed by atoms with van der Waals surface area (Å²) in [6.07, 6.45) is 1.71. The fourth-order valence-electron chi connectivity index (χ4n) is 2.14. The molecule has 0 bridgehead atoms. The quantitative estimate of drug-likeness (QED) is 0.659. The van der Waals surface area contributed by atoms with Crippen molar-refractivity contribution in [2.45, 2.75) is 6.92 Å². The van der Waals surface area contributed by atoms with Crippen LogP contribution in [0.4, 0.5) is 0 Å². The fraction of sp³-hybridized carbons (Fsp3) is 0.111. The Labute approximate surface area is 129 Å². The predicted molar refractivity (Wildman–Crippen MR) is 85.6 cm³/mol. The summed E-state index contributed by atoms with van der Waals surface area (Å²) in [4.78, 5) is 4.48. The van der Waals surface area contributed by atoms with E-state index in [4.69, 9.17) is 9.26 Å². The van der Waals surface area contributed by atoms with Crippen molar-refractivity contribution in [1.82, 2.24) is 10.1 Å². The van der Waals surface area contributed by atoms with Gasteiger partial charge in [-0.25, -0.2) is 0 Å². The average Bonchev–Trinajstić information content (AvgIpc) is 3.03. The summed E-state index contributed by atoms with van der Waals surface area (Å²) in [6.45, 7) is 6.12. The van der Waals surface area contributed by atoms with Crippen molar-refractivity contribution in [1.29, 1.82) is 0 Å². The zero-order chi connectivity index (χ0) is 15.4. The van der Waals surface area contributed by atoms with Crippen molar-refractivity contribution in [3.05, 3.63) is 66.7 Å². The Balaban J connectivity index is 1.91. The van der Waals surface area contributed by atoms with Crippen LogP contribution in [0.2, 0.25) is 0 Å². The van der Waals surface area contributed by atoms with Crippen LogP contribution < -0.4 is 4.74 Å². The number of ether oxygens (including phenoxy) is 1. The van der Waals surface area contributed by atoms with Gasteiger partial charge >= 0.3 is 0 Å². The molecule has 0 fully saturated rings. The maximum absolute atomic E-state index is 5.52. The highest BCUT2D eigenvalue weighted by molar-refractivity contribution is 5.63. The molecular weight excluding hydrogens is 276 g/mol. The number of aromatic nitrogens is 2. The lowest BCUT2D eigenvalue weighted by Gasteiger charge is -2.03. The molecule has 1 aromatic heterocycles. The van der Waals surface area contributed by atoms with Crippen molar-refractivity contribution < 1.29 is 9.26 Å². The third-order valence-electron chi connectivity index (χ3n) is 3.26. The van der Waals surface area contributed by atoms with Gasteiger partial charge in [-0.2, -0.15) is 4.98 Å². The van der Waals surface area contributed by atoms with E-state index in [9.17, 15) is 0 Å². The molecule has 0 aliphatic rings. The first kappa shape index (κ1) is 14.1. The molecule has 22 heavy (non-hydrogen) atoms. The van der Waals surface area contributed by atoms with Gasteiger partial charge in [0.05, 0.1) is 0 Å². The normalized spacial score (nSPS) is 10.4. The van der Waals surface area contributed by atoms with Crippen LogP contribution in [0.5, 0.6) is 5.75 Å². The number of nitrogens with zero attached hydrogens (tertiary/aromatic N) is 2. The molecule has 0 radical (unpaired) electrons. The van der Waals surface area contributed by atoms with Gasteiger partial charge in [-0.1, -0.05) is 48.1 Å². The second-order valence-electron chi connectivity index (χ2n) is 4.87. The molecular formula is C18H16N2O2. The van der Waals surface area contributed by atoms with Crippen LogP contribution in [0.15, 0.2) is 65.7 Å². The molecule has 0 aliphatic carbocycles. The largest absolute Gasteiger partial charge is 0.490 e. The molecule has 0 unspecified atom stereocenters. The maximum atomic E-state index is 5.52. The van der Waals surface area contributed by atoms with Crippen LogP contribution >= 0.6 is 0 Å². The van der Waals surface area contributed by atoms with Crippen LogP contribution in [0.25, 0.3) is 22.8 Å². The van der Waals surface area contributed by atoms with Crippen LogP contribution in [0.3, 0.4) is 0 Å². The Kier molecular flexibility index (Phi) is 4.01. The van der Waals surface area contributed by atoms with Gasteiger partial charge in [0.15, 0.2) is 0 Å². The van der Waals surface area contributed by atoms with Crippen molar-refractivity contribution in [2.24, 2.45) is 0 Å². The second-order valence-corrected chi connectivity index (χ2v) is 4.87. The number of benzene rings is 2. The van der Waals surface area contributed by atoms with Gasteiger partial charge in [-0.05, 0) is 30.7 Å². The number of rotatable bonds is 5. The molecule has 3 aromatic rings. The van der Waals surface area contributed by atoms with Crippen LogP contribution in [-0.2, 0) is 0 Å². The molecule has 1 heterocycles. The number of hydrogen-bond acceptors (Lipinski definition) is 4. The Morgan fingerprint density at radius 2 is 2.05 bits per heavy atom. The van der Waals surface area contributed by atoms with Crippen LogP contribution in [0.1, 0.15) is 5.56 Å². The first-order valence-electron chi connectivity index (χ1n) is 7.02. The van der Waals surface area contributed by atoms with E-state index in [0.717, 1.165) is 22.4 Å². The monoisotopic (exact) mass is 292 g/mol. The zero-order valence-electron chi connectivity index (χ0n) is 12.3. The van der Waals surface area contributed by atoms with Gasteiger partial charge in [0, 0.05) is 11.1 Å². The maximum Gasteiger partial charge on any atom is 0.258 e. The van der Waals surface area contributed by atoms with Crippen molar-refractivity contribution in [3.63, 3.8) is 0 Å². The van der Waals surface area contributed by atoms with Gasteiger partial charge in [-0.3, -0.25) is 0 Å². The number of aryl methyl sites for hydroxylation is 1. The lowest BCUT2D eigenvalue weighted by atomic mass is 10.1. The lowest BCUT2D eigenvalue weighted by Crippen LogP contribution is -1.92. The average molecular weight is 292 g/mol. The van der Waals surface area contributed by atoms with Gasteiger partial charge in [-0.15, -0.1) is 0 Å². The molecule has 110 valence electrons. The highest BCUT2D eigenvalue weighted by Gasteiger charge is 2.12. The summed E-state index contributed by atoms with van der Waals surface area (Å²) in [6, 6.07) is 15.5. The van der Waals surface area contributed by atoms with Crippen molar-refractivity contribution in [3.8, 4) is 28.6 Å². The highest BCUT2D eigenvalue weighted by Crippen LogP contribution is 2.26. The summed E-state index contributed by atoms with van der Waals surface area (Å²) in [5.74, 6) is 1.81. The Hall–Kier alpha value is -2.88. The fourth-order valence-corrected chi connectivity index (χ4v) is 2.14. The molecule has 4 heteroatoms. The van der Waals surface area contributed by atoms with Gasteiger partial charge in [0.2, 0.25) is 5.82 Å². The minimum Gasteiger partial charge on any atom is -0.490 e. The molecule has 0 saturated carbocycles. The van der Waals surface area contributed by atoms with E-state index >= 15 is 0 Å². The van der Waals surface area contributed by atoms with E-state index in [1.54, 1.807) is 6.08 Å². The molecule has 3 rings (SSSR count). The summed E-state index contributed by atoms with van der Waals surface area (Å²) in [7, 11) is 0. The van der Waals surface area contributed by atoms with Gasteiger partial charge in [0.25, 0.3) is 5.89 Å². The highest BCUT2D eigenvalue weighted by atomic mass is 16.5. The van der Waals surface area contributed by atoms with Crippen LogP contribution in [-0.4, -0.2) is 16.7 Å². The summed E-state index contributed by atoms with van der Waals surface area (Å²) in [5, 5.41) is 4.06. The summed E-state index contributed by atoms with van der Waals surface area (Å²) < 4.78 is 10.9. The third-order valence-corrected chi connectivity index (χ3v) is 3.26. The first-order valence-corrected chi connectivity index (χ1v) is 7.02. The summed E-state index contributed by atoms with van der Waals surface area (Å²) in [5.41, 5.74) is 2.89. The van der Waals surface area contributed by atoms with E-state index in [1.165, 1.54) is 0 Å². The second kappa shape index (κ2) is 6.26. The molecule has 4 nitrogen and oxygen atoms in total. The third kappa shape index (κ3) is 2.91. The van der Waals surface area contributed by atoms with Gasteiger partial charge in [0.1, 0.15) is 12.4 Å². The van der Waals surface area contributed by atoms with E-state index in [1.807, 2.05) is 55.5 Å². The van der Waals surface area contributed by atoms with Crippen LogP contribution in [0, 0.1) is 6.92 Å². The SMILES string of the molecule is C=CCOc1cccc(-c2noc(-c3ccccc3C)n2)c1. The molecule has 0 saturated heterocycles. The molecule has 0 atom stereocenters. The van der Waals surface area contributed by atoms with Crippen molar-refractivity contribution >= 4 is 0 Å². The zero-order valence-corrected chi connectivity index (χ0v) is 12.3. The minimum atomic E-state index is 0.462. The van der Waals surface area contributed by atoms with E-state index in [0.29, 0.717) is 18.3 Å². The van der Waals surface area contributed by atoms with E-state index < -0.39 is 0 Å². The Bertz CT molecular complexity index is 793. The topological polar surface area (TPSA) is 48.2 Å². The predicted octanol–water partition coefficient (Wildman–Crippen LogP) is 4.28. The minimum absolute atomic E-state index is 0.462. The standard InChI is InChI=1S/C18H16N2O2/c1-3-11-21-15-9-6-8-14(12-15)17-19-18(22-20-17)16-10-5-4-7-13(16)2/h3-10,12H,1,11H2,2H3. The smallest absolute Gasteiger partial charge is 0.258 e. The Morgan fingerprint density at radius 1 is 1.18 bits per heavy atom. The molecule has 2 aromatic carbocycles. The molecule has 0 aliphatic heterocycles. The molecule has 0 N–H and O–H groups in total.